The summed E-state index contributed by atoms with van der Waals surface area (Å²) in [5.41, 5.74) is 0.642. The number of benzene rings is 1. The molecule has 0 radical (unpaired) electrons. The first kappa shape index (κ1) is 10.4. The van der Waals surface area contributed by atoms with Crippen LogP contribution >= 0.6 is 27.5 Å². The molecule has 0 bridgehead atoms. The molecule has 0 N–H and O–H groups in total. The van der Waals surface area contributed by atoms with E-state index in [1.807, 2.05) is 0 Å². The van der Waals surface area contributed by atoms with Crippen molar-refractivity contribution in [2.75, 3.05) is 7.11 Å². The summed E-state index contributed by atoms with van der Waals surface area (Å²) in [4.78, 5) is 1.34. The number of rotatable bonds is 2. The first-order valence-corrected chi connectivity index (χ1v) is 5.17. The summed E-state index contributed by atoms with van der Waals surface area (Å²) in [5.74, 6) is 0.629. The van der Waals surface area contributed by atoms with E-state index < -0.39 is 0 Å². The maximum atomic E-state index is 5.87. The summed E-state index contributed by atoms with van der Waals surface area (Å²) >= 11 is 8.99. The van der Waals surface area contributed by atoms with Gasteiger partial charge >= 0.3 is 0 Å². The zero-order valence-corrected chi connectivity index (χ0v) is 10.0. The van der Waals surface area contributed by atoms with Crippen molar-refractivity contribution < 1.29 is 4.74 Å². The standard InChI is InChI=1S/C8H6BrClN4O/c1-15-7-3-2-5(10)4-6(7)14-12-8(9)11-13-14/h2-4H,1H3. The van der Waals surface area contributed by atoms with E-state index in [2.05, 4.69) is 31.3 Å². The minimum atomic E-state index is 0.407. The van der Waals surface area contributed by atoms with Crippen LogP contribution in [-0.2, 0) is 0 Å². The highest BCUT2D eigenvalue weighted by Crippen LogP contribution is 2.25. The number of hydrogen-bond donors (Lipinski definition) is 0. The Bertz CT molecular complexity index is 487. The van der Waals surface area contributed by atoms with Gasteiger partial charge in [-0.25, -0.2) is 0 Å². The molecule has 0 aliphatic carbocycles. The SMILES string of the molecule is COc1ccc(Cl)cc1-n1nnc(Br)n1. The lowest BCUT2D eigenvalue weighted by molar-refractivity contribution is 0.409. The first-order valence-electron chi connectivity index (χ1n) is 4.00. The van der Waals surface area contributed by atoms with Crippen molar-refractivity contribution in [2.24, 2.45) is 0 Å². The van der Waals surface area contributed by atoms with Gasteiger partial charge in [-0.1, -0.05) is 11.6 Å². The van der Waals surface area contributed by atoms with Crippen LogP contribution in [0, 0.1) is 0 Å². The molecule has 0 saturated carbocycles. The lowest BCUT2D eigenvalue weighted by Crippen LogP contribution is -2.01. The van der Waals surface area contributed by atoms with Gasteiger partial charge in [0.1, 0.15) is 11.4 Å². The van der Waals surface area contributed by atoms with Crippen molar-refractivity contribution in [3.63, 3.8) is 0 Å². The maximum absolute atomic E-state index is 5.87. The molecule has 5 nitrogen and oxygen atoms in total. The molecule has 7 heteroatoms. The Labute approximate surface area is 99.1 Å². The van der Waals surface area contributed by atoms with Crippen molar-refractivity contribution in [1.82, 2.24) is 20.2 Å². The zero-order chi connectivity index (χ0) is 10.8. The third kappa shape index (κ3) is 2.10. The molecule has 78 valence electrons. The van der Waals surface area contributed by atoms with Crippen LogP contribution < -0.4 is 4.74 Å². The summed E-state index contributed by atoms with van der Waals surface area (Å²) in [7, 11) is 1.57. The highest BCUT2D eigenvalue weighted by atomic mass is 79.9. The van der Waals surface area contributed by atoms with Gasteiger partial charge in [0.15, 0.2) is 0 Å². The van der Waals surface area contributed by atoms with Crippen molar-refractivity contribution in [3.8, 4) is 11.4 Å². The van der Waals surface area contributed by atoms with Crippen LogP contribution in [0.25, 0.3) is 5.69 Å². The van der Waals surface area contributed by atoms with Crippen LogP contribution in [-0.4, -0.2) is 27.3 Å². The second-order valence-electron chi connectivity index (χ2n) is 2.66. The molecule has 0 fully saturated rings. The molecule has 1 heterocycles. The fraction of sp³-hybridized carbons (Fsp3) is 0.125. The van der Waals surface area contributed by atoms with E-state index in [0.717, 1.165) is 0 Å². The van der Waals surface area contributed by atoms with Crippen LogP contribution in [0.4, 0.5) is 0 Å². The molecule has 1 aromatic heterocycles. The zero-order valence-electron chi connectivity index (χ0n) is 7.69. The van der Waals surface area contributed by atoms with Crippen LogP contribution in [0.1, 0.15) is 0 Å². The summed E-state index contributed by atoms with van der Waals surface area (Å²) in [5, 5.41) is 12.1. The average Bonchev–Trinajstić information content (AvgIpc) is 2.65. The smallest absolute Gasteiger partial charge is 0.240 e. The van der Waals surface area contributed by atoms with E-state index in [0.29, 0.717) is 21.2 Å². The second-order valence-corrected chi connectivity index (χ2v) is 3.81. The average molecular weight is 290 g/mol. The number of aromatic nitrogens is 4. The van der Waals surface area contributed by atoms with Crippen molar-refractivity contribution in [2.45, 2.75) is 0 Å². The Kier molecular flexibility index (Phi) is 2.88. The normalized spacial score (nSPS) is 10.3. The van der Waals surface area contributed by atoms with Crippen molar-refractivity contribution >= 4 is 27.5 Å². The fourth-order valence-corrected chi connectivity index (χ4v) is 1.51. The second kappa shape index (κ2) is 4.16. The third-order valence-electron chi connectivity index (χ3n) is 1.75. The van der Waals surface area contributed by atoms with Crippen LogP contribution in [0.2, 0.25) is 5.02 Å². The third-order valence-corrected chi connectivity index (χ3v) is 2.30. The topological polar surface area (TPSA) is 52.8 Å². The molecule has 0 spiro atoms. The minimum Gasteiger partial charge on any atom is -0.494 e. The highest BCUT2D eigenvalue weighted by Gasteiger charge is 2.09. The minimum absolute atomic E-state index is 0.407. The van der Waals surface area contributed by atoms with E-state index in [1.54, 1.807) is 25.3 Å². The molecule has 0 aliphatic heterocycles. The molecule has 0 atom stereocenters. The fourth-order valence-electron chi connectivity index (χ4n) is 1.12. The van der Waals surface area contributed by atoms with Gasteiger partial charge < -0.3 is 4.74 Å². The summed E-state index contributed by atoms with van der Waals surface area (Å²) < 4.78 is 5.57. The number of tetrazole rings is 1. The predicted octanol–water partition coefficient (Wildman–Crippen LogP) is 2.09. The summed E-state index contributed by atoms with van der Waals surface area (Å²) in [6, 6.07) is 5.18. The molecule has 0 saturated heterocycles. The van der Waals surface area contributed by atoms with Crippen molar-refractivity contribution in [1.29, 1.82) is 0 Å². The Balaban J connectivity index is 2.55. The molecular formula is C8H6BrClN4O. The van der Waals surface area contributed by atoms with Crippen LogP contribution in [0.5, 0.6) is 5.75 Å². The number of nitrogens with zero attached hydrogens (tertiary/aromatic N) is 4. The van der Waals surface area contributed by atoms with E-state index in [4.69, 9.17) is 16.3 Å². The van der Waals surface area contributed by atoms with Gasteiger partial charge in [-0.2, -0.15) is 0 Å². The van der Waals surface area contributed by atoms with E-state index >= 15 is 0 Å². The van der Waals surface area contributed by atoms with Gasteiger partial charge in [0.05, 0.1) is 7.11 Å². The van der Waals surface area contributed by atoms with Gasteiger partial charge in [-0.3, -0.25) is 0 Å². The first-order chi connectivity index (χ1) is 7.20. The lowest BCUT2D eigenvalue weighted by atomic mass is 10.3. The van der Waals surface area contributed by atoms with Crippen molar-refractivity contribution in [3.05, 3.63) is 28.0 Å². The monoisotopic (exact) mass is 288 g/mol. The predicted molar refractivity (Wildman–Crippen MR) is 58.4 cm³/mol. The van der Waals surface area contributed by atoms with Gasteiger partial charge in [0.25, 0.3) is 0 Å². The van der Waals surface area contributed by atoms with Crippen LogP contribution in [0.3, 0.4) is 0 Å². The molecule has 0 unspecified atom stereocenters. The highest BCUT2D eigenvalue weighted by molar-refractivity contribution is 9.10. The Morgan fingerprint density at radius 3 is 2.87 bits per heavy atom. The molecular weight excluding hydrogens is 283 g/mol. The van der Waals surface area contributed by atoms with E-state index in [1.165, 1.54) is 4.80 Å². The molecule has 0 aliphatic rings. The Morgan fingerprint density at radius 2 is 2.27 bits per heavy atom. The van der Waals surface area contributed by atoms with Crippen LogP contribution in [0.15, 0.2) is 22.9 Å². The maximum Gasteiger partial charge on any atom is 0.240 e. The van der Waals surface area contributed by atoms with Gasteiger partial charge in [-0.15, -0.1) is 15.0 Å². The molecule has 2 rings (SSSR count). The van der Waals surface area contributed by atoms with E-state index in [9.17, 15) is 0 Å². The van der Waals surface area contributed by atoms with E-state index in [-0.39, 0.29) is 0 Å². The Hall–Kier alpha value is -1.14. The number of ether oxygens (including phenoxy) is 1. The molecule has 15 heavy (non-hydrogen) atoms. The number of methoxy groups -OCH3 is 1. The Morgan fingerprint density at radius 1 is 1.47 bits per heavy atom. The quantitative estimate of drug-likeness (QED) is 0.849. The van der Waals surface area contributed by atoms with Gasteiger partial charge in [0, 0.05) is 5.02 Å². The summed E-state index contributed by atoms with van der Waals surface area (Å²) in [6.07, 6.45) is 0. The van der Waals surface area contributed by atoms with Gasteiger partial charge in [0.2, 0.25) is 4.73 Å². The lowest BCUT2D eigenvalue weighted by Gasteiger charge is -2.06. The largest absolute Gasteiger partial charge is 0.494 e. The molecule has 0 amide bonds. The molecule has 1 aromatic carbocycles. The summed E-state index contributed by atoms with van der Waals surface area (Å²) in [6.45, 7) is 0. The molecule has 2 aromatic rings. The number of hydrogen-bond acceptors (Lipinski definition) is 4. The van der Waals surface area contributed by atoms with Gasteiger partial charge in [-0.05, 0) is 39.3 Å². The number of halogens is 2.